The maximum atomic E-state index is 12.1. The van der Waals surface area contributed by atoms with Gasteiger partial charge in [0, 0.05) is 49.5 Å². The first-order valence-corrected chi connectivity index (χ1v) is 9.02. The summed E-state index contributed by atoms with van der Waals surface area (Å²) in [4.78, 5) is 16.9. The Morgan fingerprint density at radius 3 is 2.50 bits per heavy atom. The predicted molar refractivity (Wildman–Crippen MR) is 95.6 cm³/mol. The molecule has 1 aromatic carbocycles. The van der Waals surface area contributed by atoms with Crippen molar-refractivity contribution in [3.05, 3.63) is 24.3 Å². The van der Waals surface area contributed by atoms with Gasteiger partial charge in [0.15, 0.2) is 0 Å². The van der Waals surface area contributed by atoms with Crippen molar-refractivity contribution in [1.82, 2.24) is 5.32 Å². The van der Waals surface area contributed by atoms with Crippen molar-refractivity contribution in [1.29, 1.82) is 0 Å². The molecule has 5 heteroatoms. The van der Waals surface area contributed by atoms with Crippen LogP contribution in [0.25, 0.3) is 0 Å². The summed E-state index contributed by atoms with van der Waals surface area (Å²) in [5.41, 5.74) is 2.63. The third-order valence-corrected chi connectivity index (χ3v) is 5.77. The summed E-state index contributed by atoms with van der Waals surface area (Å²) in [6, 6.07) is 9.37. The number of nitrogens with one attached hydrogen (secondary N) is 1. The lowest BCUT2D eigenvalue weighted by molar-refractivity contribution is -0.121. The zero-order chi connectivity index (χ0) is 16.7. The van der Waals surface area contributed by atoms with Crippen LogP contribution in [0.1, 0.15) is 26.7 Å². The summed E-state index contributed by atoms with van der Waals surface area (Å²) >= 11 is 0. The standard InChI is InChI=1S/C19H27N3O2/c1-19(2)12-14-13-22(17(19)11-18(23)20-14)16-5-3-15(4-6-16)21-7-9-24-10-8-21/h3-6,14,17H,7-13H2,1-2H3,(H,20,23). The fourth-order valence-corrected chi connectivity index (χ4v) is 4.53. The van der Waals surface area contributed by atoms with Crippen molar-refractivity contribution in [2.24, 2.45) is 5.41 Å². The van der Waals surface area contributed by atoms with Crippen molar-refractivity contribution in [2.45, 2.75) is 38.8 Å². The zero-order valence-corrected chi connectivity index (χ0v) is 14.6. The van der Waals surface area contributed by atoms with Crippen LogP contribution in [0.4, 0.5) is 11.4 Å². The van der Waals surface area contributed by atoms with Crippen LogP contribution in [0.2, 0.25) is 0 Å². The second-order valence-corrected chi connectivity index (χ2v) is 7.95. The molecule has 1 N–H and O–H groups in total. The highest BCUT2D eigenvalue weighted by Gasteiger charge is 2.45. The first kappa shape index (κ1) is 15.8. The third kappa shape index (κ3) is 2.86. The van der Waals surface area contributed by atoms with E-state index in [0.717, 1.165) is 39.3 Å². The minimum absolute atomic E-state index is 0.144. The van der Waals surface area contributed by atoms with E-state index in [1.54, 1.807) is 0 Å². The molecule has 0 aromatic heterocycles. The summed E-state index contributed by atoms with van der Waals surface area (Å²) in [6.07, 6.45) is 1.65. The van der Waals surface area contributed by atoms with E-state index in [2.05, 4.69) is 53.2 Å². The number of nitrogens with zero attached hydrogens (tertiary/aromatic N) is 2. The summed E-state index contributed by atoms with van der Waals surface area (Å²) in [5, 5.41) is 3.19. The van der Waals surface area contributed by atoms with Crippen molar-refractivity contribution in [3.8, 4) is 0 Å². The lowest BCUT2D eigenvalue weighted by Gasteiger charge is -2.48. The Bertz CT molecular complexity index is 608. The Hall–Kier alpha value is -1.75. The molecule has 5 rings (SSSR count). The largest absolute Gasteiger partial charge is 0.378 e. The van der Waals surface area contributed by atoms with Gasteiger partial charge in [-0.3, -0.25) is 4.79 Å². The molecule has 0 spiro atoms. The molecule has 1 aromatic rings. The van der Waals surface area contributed by atoms with Gasteiger partial charge < -0.3 is 19.9 Å². The molecule has 0 saturated carbocycles. The fraction of sp³-hybridized carbons (Fsp3) is 0.632. The number of fused-ring (bicyclic) bond motifs is 4. The molecule has 24 heavy (non-hydrogen) atoms. The Kier molecular flexibility index (Phi) is 3.91. The van der Waals surface area contributed by atoms with E-state index < -0.39 is 0 Å². The van der Waals surface area contributed by atoms with Gasteiger partial charge in [-0.2, -0.15) is 0 Å². The Balaban J connectivity index is 1.57. The van der Waals surface area contributed by atoms with Gasteiger partial charge in [-0.05, 0) is 36.1 Å². The fourth-order valence-electron chi connectivity index (χ4n) is 4.53. The molecule has 1 amide bonds. The number of amides is 1. The van der Waals surface area contributed by atoms with Gasteiger partial charge in [-0.1, -0.05) is 13.8 Å². The van der Waals surface area contributed by atoms with Crippen molar-refractivity contribution in [3.63, 3.8) is 0 Å². The number of hydrogen-bond donors (Lipinski definition) is 1. The van der Waals surface area contributed by atoms with Crippen LogP contribution in [0.5, 0.6) is 0 Å². The Morgan fingerprint density at radius 1 is 1.12 bits per heavy atom. The van der Waals surface area contributed by atoms with Crippen LogP contribution in [-0.4, -0.2) is 50.8 Å². The molecule has 0 aliphatic carbocycles. The Labute approximate surface area is 144 Å². The molecule has 2 atom stereocenters. The van der Waals surface area contributed by atoms with E-state index in [1.165, 1.54) is 11.4 Å². The molecule has 4 saturated heterocycles. The minimum Gasteiger partial charge on any atom is -0.378 e. The number of carbonyl (C=O) groups is 1. The highest BCUT2D eigenvalue weighted by Crippen LogP contribution is 2.41. The molecule has 4 aliphatic heterocycles. The zero-order valence-electron chi connectivity index (χ0n) is 14.6. The number of carbonyl (C=O) groups excluding carboxylic acids is 1. The van der Waals surface area contributed by atoms with E-state index in [0.29, 0.717) is 6.42 Å². The van der Waals surface area contributed by atoms with Crippen LogP contribution in [0, 0.1) is 5.41 Å². The molecular formula is C19H27N3O2. The number of piperidine rings is 1. The topological polar surface area (TPSA) is 44.8 Å². The quantitative estimate of drug-likeness (QED) is 0.902. The number of hydrogen-bond acceptors (Lipinski definition) is 4. The van der Waals surface area contributed by atoms with Crippen LogP contribution in [0.15, 0.2) is 24.3 Å². The highest BCUT2D eigenvalue weighted by atomic mass is 16.5. The average Bonchev–Trinajstić information content (AvgIpc) is 2.80. The molecule has 2 bridgehead atoms. The van der Waals surface area contributed by atoms with Crippen LogP contribution in [0.3, 0.4) is 0 Å². The molecular weight excluding hydrogens is 302 g/mol. The van der Waals surface area contributed by atoms with Crippen molar-refractivity contribution < 1.29 is 9.53 Å². The van der Waals surface area contributed by atoms with Gasteiger partial charge >= 0.3 is 0 Å². The molecule has 4 fully saturated rings. The number of anilines is 2. The van der Waals surface area contributed by atoms with Crippen LogP contribution < -0.4 is 15.1 Å². The number of morpholine rings is 1. The number of benzene rings is 1. The number of ether oxygens (including phenoxy) is 1. The van der Waals surface area contributed by atoms with Gasteiger partial charge in [0.2, 0.25) is 5.91 Å². The van der Waals surface area contributed by atoms with Crippen molar-refractivity contribution >= 4 is 17.3 Å². The summed E-state index contributed by atoms with van der Waals surface area (Å²) in [6.45, 7) is 9.02. The SMILES string of the molecule is CC1(C)CC2CN(c3ccc(N4CCOCC4)cc3)C1CC(=O)N2. The van der Waals surface area contributed by atoms with Gasteiger partial charge in [0.25, 0.3) is 0 Å². The van der Waals surface area contributed by atoms with E-state index in [-0.39, 0.29) is 23.4 Å². The maximum absolute atomic E-state index is 12.1. The number of rotatable bonds is 2. The molecule has 4 heterocycles. The predicted octanol–water partition coefficient (Wildman–Crippen LogP) is 2.02. The molecule has 0 radical (unpaired) electrons. The third-order valence-electron chi connectivity index (χ3n) is 5.77. The monoisotopic (exact) mass is 329 g/mol. The van der Waals surface area contributed by atoms with Crippen LogP contribution in [-0.2, 0) is 9.53 Å². The highest BCUT2D eigenvalue weighted by molar-refractivity contribution is 5.79. The summed E-state index contributed by atoms with van der Waals surface area (Å²) in [7, 11) is 0. The molecule has 5 nitrogen and oxygen atoms in total. The van der Waals surface area contributed by atoms with Crippen LogP contribution >= 0.6 is 0 Å². The minimum atomic E-state index is 0.144. The first-order chi connectivity index (χ1) is 11.5. The van der Waals surface area contributed by atoms with E-state index >= 15 is 0 Å². The second kappa shape index (κ2) is 5.96. The smallest absolute Gasteiger partial charge is 0.222 e. The van der Waals surface area contributed by atoms with E-state index in [1.807, 2.05) is 0 Å². The lowest BCUT2D eigenvalue weighted by atomic mass is 9.74. The second-order valence-electron chi connectivity index (χ2n) is 7.95. The normalized spacial score (nSPS) is 29.3. The summed E-state index contributed by atoms with van der Waals surface area (Å²) < 4.78 is 5.43. The van der Waals surface area contributed by atoms with Gasteiger partial charge in [-0.15, -0.1) is 0 Å². The molecule has 4 aliphatic rings. The maximum Gasteiger partial charge on any atom is 0.222 e. The van der Waals surface area contributed by atoms with Crippen molar-refractivity contribution in [2.75, 3.05) is 42.6 Å². The van der Waals surface area contributed by atoms with Gasteiger partial charge in [0.05, 0.1) is 13.2 Å². The molecule has 2 unspecified atom stereocenters. The molecule has 130 valence electrons. The lowest BCUT2D eigenvalue weighted by Crippen LogP contribution is -2.54. The first-order valence-electron chi connectivity index (χ1n) is 9.02. The van der Waals surface area contributed by atoms with E-state index in [9.17, 15) is 4.79 Å². The Morgan fingerprint density at radius 2 is 1.79 bits per heavy atom. The van der Waals surface area contributed by atoms with E-state index in [4.69, 9.17) is 4.74 Å². The van der Waals surface area contributed by atoms with Gasteiger partial charge in [-0.25, -0.2) is 0 Å². The average molecular weight is 329 g/mol. The van der Waals surface area contributed by atoms with Gasteiger partial charge in [0.1, 0.15) is 0 Å². The summed E-state index contributed by atoms with van der Waals surface area (Å²) in [5.74, 6) is 0.197.